The second kappa shape index (κ2) is 5.79. The Morgan fingerprint density at radius 2 is 1.95 bits per heavy atom. The molecule has 2 amide bonds. The van der Waals surface area contributed by atoms with Crippen LogP contribution < -0.4 is 10.2 Å². The predicted octanol–water partition coefficient (Wildman–Crippen LogP) is 1.15. The van der Waals surface area contributed by atoms with Gasteiger partial charge in [-0.05, 0) is 30.5 Å². The van der Waals surface area contributed by atoms with E-state index in [4.69, 9.17) is 5.11 Å². The lowest BCUT2D eigenvalue weighted by atomic mass is 10.2. The van der Waals surface area contributed by atoms with Crippen molar-refractivity contribution in [1.82, 2.24) is 5.32 Å². The van der Waals surface area contributed by atoms with E-state index < -0.39 is 11.9 Å². The number of carboxylic acid groups (broad SMARTS) is 1. The van der Waals surface area contributed by atoms with Crippen LogP contribution in [0.5, 0.6) is 0 Å². The summed E-state index contributed by atoms with van der Waals surface area (Å²) >= 11 is 0. The molecule has 6 nitrogen and oxygen atoms in total. The zero-order valence-electron chi connectivity index (χ0n) is 12.1. The van der Waals surface area contributed by atoms with Gasteiger partial charge in [0, 0.05) is 25.2 Å². The third kappa shape index (κ3) is 2.95. The lowest BCUT2D eigenvalue weighted by molar-refractivity contribution is -0.140. The van der Waals surface area contributed by atoms with Gasteiger partial charge in [0.1, 0.15) is 0 Å². The molecule has 1 aromatic rings. The number of rotatable bonds is 5. The van der Waals surface area contributed by atoms with E-state index in [0.29, 0.717) is 19.4 Å². The molecule has 22 heavy (non-hydrogen) atoms. The molecule has 2 N–H and O–H groups in total. The fraction of sp³-hybridized carbons (Fsp3) is 0.438. The molecule has 1 heterocycles. The maximum Gasteiger partial charge on any atom is 0.307 e. The standard InChI is InChI=1S/C16H18N2O4/c19-14-2-1-7-18(14)11-5-3-10(4-6-11)9-17-15(20)12-8-13(12)16(21)22/h3-6,12-13H,1-2,7-9H2,(H,17,20)(H,21,22). The van der Waals surface area contributed by atoms with E-state index >= 15 is 0 Å². The van der Waals surface area contributed by atoms with Crippen LogP contribution in [-0.2, 0) is 20.9 Å². The largest absolute Gasteiger partial charge is 0.481 e. The van der Waals surface area contributed by atoms with Crippen LogP contribution in [0.15, 0.2) is 24.3 Å². The second-order valence-electron chi connectivity index (χ2n) is 5.82. The molecular formula is C16H18N2O4. The topological polar surface area (TPSA) is 86.7 Å². The predicted molar refractivity (Wildman–Crippen MR) is 79.1 cm³/mol. The van der Waals surface area contributed by atoms with E-state index in [-0.39, 0.29) is 17.7 Å². The molecule has 1 saturated heterocycles. The van der Waals surface area contributed by atoms with Crippen molar-refractivity contribution in [2.24, 2.45) is 11.8 Å². The number of anilines is 1. The van der Waals surface area contributed by atoms with Gasteiger partial charge in [-0.25, -0.2) is 0 Å². The molecular weight excluding hydrogens is 284 g/mol. The van der Waals surface area contributed by atoms with Crippen molar-refractivity contribution in [2.75, 3.05) is 11.4 Å². The summed E-state index contributed by atoms with van der Waals surface area (Å²) in [7, 11) is 0. The van der Waals surface area contributed by atoms with Gasteiger partial charge in [-0.1, -0.05) is 12.1 Å². The van der Waals surface area contributed by atoms with Crippen LogP contribution >= 0.6 is 0 Å². The Morgan fingerprint density at radius 3 is 2.50 bits per heavy atom. The fourth-order valence-corrected chi connectivity index (χ4v) is 2.79. The van der Waals surface area contributed by atoms with Gasteiger partial charge in [-0.2, -0.15) is 0 Å². The number of aliphatic carboxylic acids is 1. The molecule has 1 aliphatic carbocycles. The van der Waals surface area contributed by atoms with E-state index in [1.165, 1.54) is 0 Å². The Bertz CT molecular complexity index is 611. The highest BCUT2D eigenvalue weighted by Crippen LogP contribution is 2.38. The van der Waals surface area contributed by atoms with Gasteiger partial charge in [-0.3, -0.25) is 14.4 Å². The van der Waals surface area contributed by atoms with Crippen LogP contribution in [0.4, 0.5) is 5.69 Å². The van der Waals surface area contributed by atoms with Crippen molar-refractivity contribution >= 4 is 23.5 Å². The Hall–Kier alpha value is -2.37. The summed E-state index contributed by atoms with van der Waals surface area (Å²) in [6.07, 6.45) is 1.92. The van der Waals surface area contributed by atoms with Crippen LogP contribution in [0.2, 0.25) is 0 Å². The number of nitrogens with one attached hydrogen (secondary N) is 1. The number of benzene rings is 1. The SMILES string of the molecule is O=C(O)C1CC1C(=O)NCc1ccc(N2CCCC2=O)cc1. The monoisotopic (exact) mass is 302 g/mol. The molecule has 6 heteroatoms. The summed E-state index contributed by atoms with van der Waals surface area (Å²) in [4.78, 5) is 35.9. The number of hydrogen-bond donors (Lipinski definition) is 2. The van der Waals surface area contributed by atoms with E-state index in [0.717, 1.165) is 24.2 Å². The zero-order chi connectivity index (χ0) is 15.7. The van der Waals surface area contributed by atoms with Crippen LogP contribution in [0.1, 0.15) is 24.8 Å². The molecule has 116 valence electrons. The molecule has 2 atom stereocenters. The van der Waals surface area contributed by atoms with Crippen molar-refractivity contribution in [3.05, 3.63) is 29.8 Å². The van der Waals surface area contributed by atoms with Crippen molar-refractivity contribution in [3.8, 4) is 0 Å². The van der Waals surface area contributed by atoms with Crippen molar-refractivity contribution < 1.29 is 19.5 Å². The molecule has 1 aliphatic heterocycles. The van der Waals surface area contributed by atoms with Crippen LogP contribution in [-0.4, -0.2) is 29.4 Å². The van der Waals surface area contributed by atoms with Gasteiger partial charge in [0.25, 0.3) is 0 Å². The average molecular weight is 302 g/mol. The normalized spacial score (nSPS) is 23.5. The van der Waals surface area contributed by atoms with E-state index in [9.17, 15) is 14.4 Å². The van der Waals surface area contributed by atoms with Crippen molar-refractivity contribution in [2.45, 2.75) is 25.8 Å². The molecule has 0 spiro atoms. The number of hydrogen-bond acceptors (Lipinski definition) is 3. The summed E-state index contributed by atoms with van der Waals surface area (Å²) in [6.45, 7) is 1.13. The zero-order valence-corrected chi connectivity index (χ0v) is 12.1. The van der Waals surface area contributed by atoms with Gasteiger partial charge in [-0.15, -0.1) is 0 Å². The Balaban J connectivity index is 1.52. The number of nitrogens with zero attached hydrogens (tertiary/aromatic N) is 1. The van der Waals surface area contributed by atoms with Crippen LogP contribution in [0.25, 0.3) is 0 Å². The molecule has 3 rings (SSSR count). The number of carbonyl (C=O) groups excluding carboxylic acids is 2. The molecule has 1 aromatic carbocycles. The molecule has 2 fully saturated rings. The summed E-state index contributed by atoms with van der Waals surface area (Å²) in [5.41, 5.74) is 1.81. The maximum atomic E-state index is 11.8. The highest BCUT2D eigenvalue weighted by Gasteiger charge is 2.48. The lowest BCUT2D eigenvalue weighted by Crippen LogP contribution is -2.26. The van der Waals surface area contributed by atoms with Gasteiger partial charge in [0.05, 0.1) is 11.8 Å². The highest BCUT2D eigenvalue weighted by atomic mass is 16.4. The Kier molecular flexibility index (Phi) is 3.83. The Morgan fingerprint density at radius 1 is 1.23 bits per heavy atom. The van der Waals surface area contributed by atoms with E-state index in [2.05, 4.69) is 5.32 Å². The maximum absolute atomic E-state index is 11.8. The summed E-state index contributed by atoms with van der Waals surface area (Å²) in [5.74, 6) is -1.87. The minimum absolute atomic E-state index is 0.148. The summed E-state index contributed by atoms with van der Waals surface area (Å²) in [6, 6.07) is 7.51. The number of carbonyl (C=O) groups is 3. The number of amides is 2. The van der Waals surface area contributed by atoms with Crippen LogP contribution in [0, 0.1) is 11.8 Å². The highest BCUT2D eigenvalue weighted by molar-refractivity contribution is 5.95. The quantitative estimate of drug-likeness (QED) is 0.854. The lowest BCUT2D eigenvalue weighted by Gasteiger charge is -2.16. The first kappa shape index (κ1) is 14.6. The van der Waals surface area contributed by atoms with Gasteiger partial charge in [0.2, 0.25) is 11.8 Å². The molecule has 2 aliphatic rings. The van der Waals surface area contributed by atoms with Crippen molar-refractivity contribution in [1.29, 1.82) is 0 Å². The molecule has 0 radical (unpaired) electrons. The van der Waals surface area contributed by atoms with E-state index in [1.807, 2.05) is 24.3 Å². The van der Waals surface area contributed by atoms with E-state index in [1.54, 1.807) is 4.90 Å². The second-order valence-corrected chi connectivity index (χ2v) is 5.82. The Labute approximate surface area is 128 Å². The van der Waals surface area contributed by atoms with Gasteiger partial charge >= 0.3 is 5.97 Å². The molecule has 0 bridgehead atoms. The first-order chi connectivity index (χ1) is 10.6. The average Bonchev–Trinajstić information content (AvgIpc) is 3.21. The fourth-order valence-electron chi connectivity index (χ4n) is 2.79. The minimum atomic E-state index is -0.903. The van der Waals surface area contributed by atoms with Crippen LogP contribution in [0.3, 0.4) is 0 Å². The summed E-state index contributed by atoms with van der Waals surface area (Å²) < 4.78 is 0. The third-order valence-corrected chi connectivity index (χ3v) is 4.23. The van der Waals surface area contributed by atoms with Gasteiger partial charge in [0.15, 0.2) is 0 Å². The molecule has 0 aromatic heterocycles. The molecule has 2 unspecified atom stereocenters. The first-order valence-corrected chi connectivity index (χ1v) is 7.46. The smallest absolute Gasteiger partial charge is 0.307 e. The summed E-state index contributed by atoms with van der Waals surface area (Å²) in [5, 5.41) is 11.6. The van der Waals surface area contributed by atoms with Gasteiger partial charge < -0.3 is 15.3 Å². The first-order valence-electron chi connectivity index (χ1n) is 7.46. The van der Waals surface area contributed by atoms with Crippen molar-refractivity contribution in [3.63, 3.8) is 0 Å². The number of carboxylic acids is 1. The third-order valence-electron chi connectivity index (χ3n) is 4.23. The molecule has 1 saturated carbocycles. The minimum Gasteiger partial charge on any atom is -0.481 e.